The zero-order valence-electron chi connectivity index (χ0n) is 16.3. The van der Waals surface area contributed by atoms with Crippen molar-refractivity contribution in [3.63, 3.8) is 0 Å². The molecule has 2 aromatic heterocycles. The van der Waals surface area contributed by atoms with Gasteiger partial charge < -0.3 is 15.3 Å². The average molecular weight is 437 g/mol. The third-order valence-corrected chi connectivity index (χ3v) is 6.54. The maximum Gasteiger partial charge on any atom is 0.241 e. The lowest BCUT2D eigenvalue weighted by atomic mass is 10.2. The van der Waals surface area contributed by atoms with Gasteiger partial charge in [0.15, 0.2) is 0 Å². The van der Waals surface area contributed by atoms with Crippen molar-refractivity contribution in [3.8, 4) is 0 Å². The molecular formula is C20H19N7O3S. The summed E-state index contributed by atoms with van der Waals surface area (Å²) in [4.78, 5) is 11.0. The van der Waals surface area contributed by atoms with Gasteiger partial charge in [0.2, 0.25) is 16.0 Å². The summed E-state index contributed by atoms with van der Waals surface area (Å²) in [5, 5.41) is 20.7. The first-order valence-electron chi connectivity index (χ1n) is 9.58. The monoisotopic (exact) mass is 437 g/mol. The Kier molecular flexibility index (Phi) is 4.77. The van der Waals surface area contributed by atoms with Crippen LogP contribution in [0.4, 0.5) is 23.1 Å². The Labute approximate surface area is 178 Å². The molecule has 5 rings (SSSR count). The molecule has 4 aromatic rings. The van der Waals surface area contributed by atoms with Crippen LogP contribution in [-0.4, -0.2) is 46.8 Å². The summed E-state index contributed by atoms with van der Waals surface area (Å²) in [6.07, 6.45) is 3.34. The largest absolute Gasteiger partial charge is 0.395 e. The number of rotatable bonds is 6. The molecule has 0 bridgehead atoms. The molecule has 0 radical (unpaired) electrons. The van der Waals surface area contributed by atoms with E-state index in [0.717, 1.165) is 22.2 Å². The highest BCUT2D eigenvalue weighted by Gasteiger charge is 2.25. The molecule has 158 valence electrons. The van der Waals surface area contributed by atoms with Gasteiger partial charge >= 0.3 is 0 Å². The fourth-order valence-electron chi connectivity index (χ4n) is 3.61. The highest BCUT2D eigenvalue weighted by molar-refractivity contribution is 7.89. The van der Waals surface area contributed by atoms with Gasteiger partial charge in [-0.1, -0.05) is 12.1 Å². The third kappa shape index (κ3) is 3.58. The Hall–Kier alpha value is -3.54. The number of benzene rings is 2. The molecule has 4 N–H and O–H groups in total. The topological polar surface area (TPSA) is 136 Å². The summed E-state index contributed by atoms with van der Waals surface area (Å²) in [5.74, 6) is 0.888. The lowest BCUT2D eigenvalue weighted by Gasteiger charge is -2.24. The summed E-state index contributed by atoms with van der Waals surface area (Å²) < 4.78 is 26.7. The molecule has 0 fully saturated rings. The SMILES string of the molecule is O=S1(=O)NCc2ccc(Nc3nccc(N(CCO)c4cccc5[nH]ncc45)n3)cc21. The third-order valence-electron chi connectivity index (χ3n) is 5.06. The van der Waals surface area contributed by atoms with Gasteiger partial charge in [-0.05, 0) is 35.9 Å². The van der Waals surface area contributed by atoms with Gasteiger partial charge in [0.05, 0.1) is 28.9 Å². The second kappa shape index (κ2) is 7.61. The van der Waals surface area contributed by atoms with E-state index in [2.05, 4.69) is 30.2 Å². The number of nitrogens with one attached hydrogen (secondary N) is 3. The highest BCUT2D eigenvalue weighted by atomic mass is 32.2. The zero-order chi connectivity index (χ0) is 21.4. The Bertz CT molecular complexity index is 1370. The molecule has 3 heterocycles. The number of fused-ring (bicyclic) bond motifs is 2. The molecule has 2 aromatic carbocycles. The van der Waals surface area contributed by atoms with Crippen molar-refractivity contribution in [2.75, 3.05) is 23.4 Å². The van der Waals surface area contributed by atoms with E-state index >= 15 is 0 Å². The minimum absolute atomic E-state index is 0.0727. The van der Waals surface area contributed by atoms with Crippen LogP contribution in [0.1, 0.15) is 5.56 Å². The van der Waals surface area contributed by atoms with Crippen molar-refractivity contribution in [1.29, 1.82) is 0 Å². The Morgan fingerprint density at radius 2 is 2.10 bits per heavy atom. The van der Waals surface area contributed by atoms with Gasteiger partial charge in [0.25, 0.3) is 0 Å². The standard InChI is InChI=1S/C20H19N7O3S/c28-9-8-27(17-3-1-2-16-15(17)12-22-26-16)19-6-7-21-20(25-19)24-14-5-4-13-11-23-31(29,30)18(13)10-14/h1-7,10,12,23,28H,8-9,11H2,(H,22,26)(H,21,24,25). The average Bonchev–Trinajstić information content (AvgIpc) is 3.37. The number of hydrogen-bond acceptors (Lipinski definition) is 8. The number of aliphatic hydroxyl groups excluding tert-OH is 1. The number of nitrogens with zero attached hydrogens (tertiary/aromatic N) is 4. The minimum atomic E-state index is -3.48. The molecule has 1 aliphatic heterocycles. The lowest BCUT2D eigenvalue weighted by Crippen LogP contribution is -2.22. The smallest absolute Gasteiger partial charge is 0.241 e. The summed E-state index contributed by atoms with van der Waals surface area (Å²) in [6, 6.07) is 12.6. The van der Waals surface area contributed by atoms with E-state index in [1.807, 2.05) is 23.1 Å². The summed E-state index contributed by atoms with van der Waals surface area (Å²) in [6.45, 7) is 0.541. The maximum absolute atomic E-state index is 12.1. The predicted octanol–water partition coefficient (Wildman–Crippen LogP) is 2.02. The number of hydrogen-bond donors (Lipinski definition) is 4. The molecule has 10 nitrogen and oxygen atoms in total. The Balaban J connectivity index is 1.49. The van der Waals surface area contributed by atoms with Crippen LogP contribution in [-0.2, 0) is 16.6 Å². The van der Waals surface area contributed by atoms with Crippen molar-refractivity contribution >= 4 is 44.1 Å². The van der Waals surface area contributed by atoms with Crippen LogP contribution < -0.4 is 14.9 Å². The first kappa shape index (κ1) is 19.4. The Morgan fingerprint density at radius 1 is 1.19 bits per heavy atom. The molecule has 0 unspecified atom stereocenters. The quantitative estimate of drug-likeness (QED) is 0.360. The fraction of sp³-hybridized carbons (Fsp3) is 0.150. The summed E-state index contributed by atoms with van der Waals surface area (Å²) in [5.41, 5.74) is 3.01. The van der Waals surface area contributed by atoms with Crippen LogP contribution in [0.3, 0.4) is 0 Å². The molecule has 0 saturated heterocycles. The molecular weight excluding hydrogens is 418 g/mol. The van der Waals surface area contributed by atoms with Crippen LogP contribution >= 0.6 is 0 Å². The van der Waals surface area contributed by atoms with Crippen molar-refractivity contribution in [2.45, 2.75) is 11.4 Å². The van der Waals surface area contributed by atoms with Crippen molar-refractivity contribution in [1.82, 2.24) is 24.9 Å². The molecule has 0 saturated carbocycles. The van der Waals surface area contributed by atoms with Gasteiger partial charge in [-0.3, -0.25) is 5.10 Å². The van der Waals surface area contributed by atoms with E-state index < -0.39 is 10.0 Å². The van der Waals surface area contributed by atoms with Crippen LogP contribution in [0.2, 0.25) is 0 Å². The first-order chi connectivity index (χ1) is 15.0. The molecule has 0 aliphatic carbocycles. The lowest BCUT2D eigenvalue weighted by molar-refractivity contribution is 0.305. The maximum atomic E-state index is 12.1. The molecule has 0 atom stereocenters. The normalized spacial score (nSPS) is 14.5. The van der Waals surface area contributed by atoms with Crippen LogP contribution in [0.25, 0.3) is 10.9 Å². The number of anilines is 4. The fourth-order valence-corrected chi connectivity index (χ4v) is 4.88. The molecule has 1 aliphatic rings. The molecule has 31 heavy (non-hydrogen) atoms. The van der Waals surface area contributed by atoms with Gasteiger partial charge in [0.1, 0.15) is 5.82 Å². The second-order valence-corrected chi connectivity index (χ2v) is 8.73. The first-order valence-corrected chi connectivity index (χ1v) is 11.1. The zero-order valence-corrected chi connectivity index (χ0v) is 17.1. The van der Waals surface area contributed by atoms with Crippen LogP contribution in [0, 0.1) is 0 Å². The highest BCUT2D eigenvalue weighted by Crippen LogP contribution is 2.31. The van der Waals surface area contributed by atoms with Crippen molar-refractivity contribution in [2.24, 2.45) is 0 Å². The summed E-state index contributed by atoms with van der Waals surface area (Å²) >= 11 is 0. The van der Waals surface area contributed by atoms with E-state index in [1.165, 1.54) is 0 Å². The number of aliphatic hydroxyl groups is 1. The number of aromatic amines is 1. The molecule has 0 amide bonds. The number of aromatic nitrogens is 4. The second-order valence-electron chi connectivity index (χ2n) is 6.99. The molecule has 0 spiro atoms. The van der Waals surface area contributed by atoms with Gasteiger partial charge in [0, 0.05) is 30.4 Å². The van der Waals surface area contributed by atoms with Crippen molar-refractivity contribution < 1.29 is 13.5 Å². The van der Waals surface area contributed by atoms with Crippen LogP contribution in [0.5, 0.6) is 0 Å². The van der Waals surface area contributed by atoms with Gasteiger partial charge in [-0.15, -0.1) is 0 Å². The van der Waals surface area contributed by atoms with E-state index in [0.29, 0.717) is 30.5 Å². The molecule has 11 heteroatoms. The Morgan fingerprint density at radius 3 is 2.97 bits per heavy atom. The van der Waals surface area contributed by atoms with Crippen LogP contribution in [0.15, 0.2) is 59.8 Å². The van der Waals surface area contributed by atoms with Gasteiger partial charge in [-0.25, -0.2) is 18.1 Å². The minimum Gasteiger partial charge on any atom is -0.395 e. The van der Waals surface area contributed by atoms with Crippen molar-refractivity contribution in [3.05, 3.63) is 60.4 Å². The van der Waals surface area contributed by atoms with E-state index in [4.69, 9.17) is 0 Å². The van der Waals surface area contributed by atoms with E-state index in [-0.39, 0.29) is 11.5 Å². The number of sulfonamides is 1. The van der Waals surface area contributed by atoms with Gasteiger partial charge in [-0.2, -0.15) is 10.1 Å². The predicted molar refractivity (Wildman–Crippen MR) is 116 cm³/mol. The summed E-state index contributed by atoms with van der Waals surface area (Å²) in [7, 11) is -3.48. The van der Waals surface area contributed by atoms with E-state index in [9.17, 15) is 13.5 Å². The van der Waals surface area contributed by atoms with E-state index in [1.54, 1.807) is 36.7 Å². The number of H-pyrrole nitrogens is 1.